The first-order chi connectivity index (χ1) is 16.5. The van der Waals surface area contributed by atoms with Crippen molar-refractivity contribution in [1.29, 1.82) is 0 Å². The highest BCUT2D eigenvalue weighted by Crippen LogP contribution is 2.28. The summed E-state index contributed by atoms with van der Waals surface area (Å²) in [6, 6.07) is 22.9. The average molecular weight is 489 g/mol. The molecule has 0 spiro atoms. The van der Waals surface area contributed by atoms with Crippen LogP contribution in [-0.4, -0.2) is 28.4 Å². The summed E-state index contributed by atoms with van der Waals surface area (Å²) >= 11 is 6.02. The quantitative estimate of drug-likeness (QED) is 0.334. The maximum atomic E-state index is 12.6. The minimum atomic E-state index is -3.82. The van der Waals surface area contributed by atoms with Crippen LogP contribution in [0.1, 0.15) is 0 Å². The van der Waals surface area contributed by atoms with Gasteiger partial charge in [-0.05, 0) is 66.7 Å². The molecule has 2 aromatic heterocycles. The Labute approximate surface area is 200 Å². The molecule has 0 radical (unpaired) electrons. The Morgan fingerprint density at radius 1 is 0.765 bits per heavy atom. The second-order valence-corrected chi connectivity index (χ2v) is 9.37. The smallest absolute Gasteiger partial charge is 0.264 e. The molecule has 0 aliphatic carbocycles. The lowest BCUT2D eigenvalue weighted by molar-refractivity contribution is 0.601. The third kappa shape index (κ3) is 4.66. The van der Waals surface area contributed by atoms with E-state index < -0.39 is 10.0 Å². The third-order valence-corrected chi connectivity index (χ3v) is 6.52. The SMILES string of the molecule is O=S(=O)(Nc1ncccn1)c1ccc(Nc2nc(-c3ccc(Cl)cc3)nc3ccccc23)cc1. The molecule has 34 heavy (non-hydrogen) atoms. The molecule has 3 aromatic carbocycles. The highest BCUT2D eigenvalue weighted by atomic mass is 35.5. The molecule has 2 N–H and O–H groups in total. The largest absolute Gasteiger partial charge is 0.340 e. The Balaban J connectivity index is 1.45. The number of sulfonamides is 1. The molecule has 8 nitrogen and oxygen atoms in total. The van der Waals surface area contributed by atoms with E-state index in [0.29, 0.717) is 22.4 Å². The number of fused-ring (bicyclic) bond motifs is 1. The van der Waals surface area contributed by atoms with Crippen LogP contribution in [0.25, 0.3) is 22.3 Å². The van der Waals surface area contributed by atoms with Gasteiger partial charge in [0, 0.05) is 34.1 Å². The van der Waals surface area contributed by atoms with Gasteiger partial charge in [0.15, 0.2) is 5.82 Å². The van der Waals surface area contributed by atoms with E-state index in [1.807, 2.05) is 36.4 Å². The lowest BCUT2D eigenvalue weighted by Crippen LogP contribution is -2.14. The molecule has 0 atom stereocenters. The molecule has 0 unspecified atom stereocenters. The molecule has 5 aromatic rings. The molecule has 10 heteroatoms. The minimum absolute atomic E-state index is 0.00638. The van der Waals surface area contributed by atoms with Crippen molar-refractivity contribution in [2.75, 3.05) is 10.0 Å². The Hall–Kier alpha value is -4.08. The van der Waals surface area contributed by atoms with Crippen LogP contribution in [-0.2, 0) is 10.0 Å². The fourth-order valence-electron chi connectivity index (χ4n) is 3.28. The van der Waals surface area contributed by atoms with Gasteiger partial charge in [0.05, 0.1) is 10.4 Å². The van der Waals surface area contributed by atoms with E-state index in [1.165, 1.54) is 24.5 Å². The number of nitrogens with zero attached hydrogens (tertiary/aromatic N) is 4. The second-order valence-electron chi connectivity index (χ2n) is 7.25. The summed E-state index contributed by atoms with van der Waals surface area (Å²) in [5.41, 5.74) is 2.27. The monoisotopic (exact) mass is 488 g/mol. The predicted molar refractivity (Wildman–Crippen MR) is 133 cm³/mol. The van der Waals surface area contributed by atoms with Crippen LogP contribution >= 0.6 is 11.6 Å². The van der Waals surface area contributed by atoms with E-state index in [-0.39, 0.29) is 10.8 Å². The first-order valence-corrected chi connectivity index (χ1v) is 12.0. The molecule has 0 aliphatic heterocycles. The van der Waals surface area contributed by atoms with Crippen molar-refractivity contribution in [3.8, 4) is 11.4 Å². The topological polar surface area (TPSA) is 110 Å². The van der Waals surface area contributed by atoms with E-state index in [4.69, 9.17) is 16.6 Å². The molecule has 0 bridgehead atoms. The van der Waals surface area contributed by atoms with Gasteiger partial charge in [-0.1, -0.05) is 23.7 Å². The van der Waals surface area contributed by atoms with Gasteiger partial charge in [-0.25, -0.2) is 33.1 Å². The Bertz CT molecular complexity index is 1560. The second kappa shape index (κ2) is 9.05. The van der Waals surface area contributed by atoms with E-state index in [0.717, 1.165) is 16.5 Å². The van der Waals surface area contributed by atoms with Crippen LogP contribution in [0, 0.1) is 0 Å². The molecule has 0 saturated carbocycles. The van der Waals surface area contributed by atoms with Gasteiger partial charge in [-0.15, -0.1) is 0 Å². The van der Waals surface area contributed by atoms with Crippen LogP contribution in [0.5, 0.6) is 0 Å². The molecule has 168 valence electrons. The minimum Gasteiger partial charge on any atom is -0.340 e. The summed E-state index contributed by atoms with van der Waals surface area (Å²) in [4.78, 5) is 17.3. The highest BCUT2D eigenvalue weighted by molar-refractivity contribution is 7.92. The number of rotatable bonds is 6. The van der Waals surface area contributed by atoms with Gasteiger partial charge < -0.3 is 5.32 Å². The average Bonchev–Trinajstić information content (AvgIpc) is 2.85. The fraction of sp³-hybridized carbons (Fsp3) is 0. The zero-order valence-corrected chi connectivity index (χ0v) is 19.1. The number of hydrogen-bond acceptors (Lipinski definition) is 7. The van der Waals surface area contributed by atoms with E-state index in [1.54, 1.807) is 30.3 Å². The first-order valence-electron chi connectivity index (χ1n) is 10.2. The standard InChI is InChI=1S/C24H17ClN6O2S/c25-17-8-6-16(7-9-17)22-29-21-5-2-1-4-20(21)23(30-22)28-18-10-12-19(13-11-18)34(32,33)31-24-26-14-3-15-27-24/h1-15H,(H,26,27,31)(H,28,29,30). The van der Waals surface area contributed by atoms with Crippen LogP contribution in [0.3, 0.4) is 0 Å². The number of para-hydroxylation sites is 1. The summed E-state index contributed by atoms with van der Waals surface area (Å²) in [6.07, 6.45) is 2.92. The Morgan fingerprint density at radius 2 is 1.47 bits per heavy atom. The van der Waals surface area contributed by atoms with E-state index >= 15 is 0 Å². The molecule has 5 rings (SSSR count). The van der Waals surface area contributed by atoms with E-state index in [2.05, 4.69) is 25.0 Å². The maximum Gasteiger partial charge on any atom is 0.264 e. The molecule has 2 heterocycles. The van der Waals surface area contributed by atoms with Crippen molar-refractivity contribution in [2.45, 2.75) is 4.90 Å². The molecule has 0 amide bonds. The molecular formula is C24H17ClN6O2S. The van der Waals surface area contributed by atoms with Crippen LogP contribution in [0.15, 0.2) is 96.2 Å². The van der Waals surface area contributed by atoms with Gasteiger partial charge >= 0.3 is 0 Å². The lowest BCUT2D eigenvalue weighted by atomic mass is 10.2. The van der Waals surface area contributed by atoms with Crippen molar-refractivity contribution >= 4 is 50.0 Å². The van der Waals surface area contributed by atoms with Gasteiger partial charge in [-0.3, -0.25) is 0 Å². The van der Waals surface area contributed by atoms with Gasteiger partial charge in [0.1, 0.15) is 5.82 Å². The summed E-state index contributed by atoms with van der Waals surface area (Å²) < 4.78 is 27.6. The summed E-state index contributed by atoms with van der Waals surface area (Å²) in [7, 11) is -3.82. The zero-order valence-electron chi connectivity index (χ0n) is 17.6. The predicted octanol–water partition coefficient (Wildman–Crippen LogP) is 5.28. The van der Waals surface area contributed by atoms with Crippen molar-refractivity contribution in [2.24, 2.45) is 0 Å². The third-order valence-electron chi connectivity index (χ3n) is 4.92. The number of benzene rings is 3. The number of anilines is 3. The van der Waals surface area contributed by atoms with Crippen LogP contribution in [0.4, 0.5) is 17.5 Å². The van der Waals surface area contributed by atoms with Crippen molar-refractivity contribution in [3.63, 3.8) is 0 Å². The zero-order chi connectivity index (χ0) is 23.5. The fourth-order valence-corrected chi connectivity index (χ4v) is 4.37. The van der Waals surface area contributed by atoms with Gasteiger partial charge in [0.2, 0.25) is 5.95 Å². The van der Waals surface area contributed by atoms with E-state index in [9.17, 15) is 8.42 Å². The maximum absolute atomic E-state index is 12.6. The summed E-state index contributed by atoms with van der Waals surface area (Å²) in [5, 5.41) is 4.74. The molecular weight excluding hydrogens is 472 g/mol. The van der Waals surface area contributed by atoms with Crippen LogP contribution in [0.2, 0.25) is 5.02 Å². The van der Waals surface area contributed by atoms with Gasteiger partial charge in [-0.2, -0.15) is 0 Å². The van der Waals surface area contributed by atoms with Crippen molar-refractivity contribution in [1.82, 2.24) is 19.9 Å². The first kappa shape index (κ1) is 21.7. The van der Waals surface area contributed by atoms with Crippen molar-refractivity contribution in [3.05, 3.63) is 96.3 Å². The number of halogens is 1. The van der Waals surface area contributed by atoms with Gasteiger partial charge in [0.25, 0.3) is 10.0 Å². The summed E-state index contributed by atoms with van der Waals surface area (Å²) in [5.74, 6) is 1.15. The normalized spacial score (nSPS) is 11.3. The molecule has 0 fully saturated rings. The Morgan fingerprint density at radius 3 is 2.21 bits per heavy atom. The molecule has 0 aliphatic rings. The van der Waals surface area contributed by atoms with Crippen LogP contribution < -0.4 is 10.0 Å². The molecule has 0 saturated heterocycles. The highest BCUT2D eigenvalue weighted by Gasteiger charge is 2.16. The van der Waals surface area contributed by atoms with Crippen molar-refractivity contribution < 1.29 is 8.42 Å². The Kier molecular flexibility index (Phi) is 5.79. The number of aromatic nitrogens is 4. The number of nitrogens with one attached hydrogen (secondary N) is 2. The lowest BCUT2D eigenvalue weighted by Gasteiger charge is -2.12. The number of hydrogen-bond donors (Lipinski definition) is 2. The summed E-state index contributed by atoms with van der Waals surface area (Å²) in [6.45, 7) is 0.